The number of oxazole rings is 1. The molecule has 0 amide bonds. The monoisotopic (exact) mass is 332 g/mol. The first-order valence-electron chi connectivity index (χ1n) is 8.30. The average molecular weight is 333 g/mol. The van der Waals surface area contributed by atoms with Crippen molar-refractivity contribution in [3.63, 3.8) is 0 Å². The molecule has 122 valence electrons. The van der Waals surface area contributed by atoms with Gasteiger partial charge < -0.3 is 9.15 Å². The van der Waals surface area contributed by atoms with Gasteiger partial charge in [-0.25, -0.2) is 4.98 Å². The van der Waals surface area contributed by atoms with Crippen molar-refractivity contribution in [2.75, 3.05) is 19.8 Å². The zero-order chi connectivity index (χ0) is 15.6. The number of halogens is 1. The van der Waals surface area contributed by atoms with Gasteiger partial charge >= 0.3 is 0 Å². The number of rotatable bonds is 6. The highest BCUT2D eigenvalue weighted by atomic mass is 35.5. The summed E-state index contributed by atoms with van der Waals surface area (Å²) in [4.78, 5) is 6.97. The second kappa shape index (κ2) is 6.63. The van der Waals surface area contributed by atoms with Crippen molar-refractivity contribution in [1.29, 1.82) is 0 Å². The fourth-order valence-corrected chi connectivity index (χ4v) is 3.36. The number of hydrogen-bond acceptors (Lipinski definition) is 4. The summed E-state index contributed by atoms with van der Waals surface area (Å²) in [6.07, 6.45) is 5.54. The molecule has 0 unspecified atom stereocenters. The maximum absolute atomic E-state index is 6.05. The standard InChI is InChI=1S/C18H21ClN2O2/c19-15-3-1-2-14(8-15)17-9-20-18(23-17)11-21(16-4-5-16)10-13-6-7-22-12-13/h1-3,8-9,13,16H,4-7,10-12H2/t13-/m0/s1. The minimum atomic E-state index is 0.651. The largest absolute Gasteiger partial charge is 0.439 e. The van der Waals surface area contributed by atoms with E-state index in [0.717, 1.165) is 43.5 Å². The molecule has 1 aromatic heterocycles. The van der Waals surface area contributed by atoms with E-state index in [9.17, 15) is 0 Å². The van der Waals surface area contributed by atoms with Crippen molar-refractivity contribution < 1.29 is 9.15 Å². The highest BCUT2D eigenvalue weighted by Crippen LogP contribution is 2.31. The predicted molar refractivity (Wildman–Crippen MR) is 89.3 cm³/mol. The molecule has 0 spiro atoms. The van der Waals surface area contributed by atoms with Gasteiger partial charge in [0.1, 0.15) is 0 Å². The Kier molecular flexibility index (Phi) is 4.38. The van der Waals surface area contributed by atoms with Crippen LogP contribution in [-0.2, 0) is 11.3 Å². The Morgan fingerprint density at radius 2 is 2.17 bits per heavy atom. The minimum Gasteiger partial charge on any atom is -0.439 e. The van der Waals surface area contributed by atoms with Gasteiger partial charge in [-0.1, -0.05) is 23.7 Å². The number of ether oxygens (including phenoxy) is 1. The van der Waals surface area contributed by atoms with Crippen molar-refractivity contribution in [2.24, 2.45) is 5.92 Å². The van der Waals surface area contributed by atoms with Gasteiger partial charge in [0.05, 0.1) is 19.3 Å². The van der Waals surface area contributed by atoms with Crippen LogP contribution in [0.2, 0.25) is 5.02 Å². The quantitative estimate of drug-likeness (QED) is 0.801. The summed E-state index contributed by atoms with van der Waals surface area (Å²) in [7, 11) is 0. The molecule has 1 aliphatic carbocycles. The maximum atomic E-state index is 6.05. The van der Waals surface area contributed by atoms with Gasteiger partial charge in [0.15, 0.2) is 5.76 Å². The first-order chi connectivity index (χ1) is 11.3. The van der Waals surface area contributed by atoms with Gasteiger partial charge in [-0.05, 0) is 37.3 Å². The second-order valence-electron chi connectivity index (χ2n) is 6.52. The van der Waals surface area contributed by atoms with Crippen LogP contribution in [0.4, 0.5) is 0 Å². The lowest BCUT2D eigenvalue weighted by Gasteiger charge is -2.23. The first-order valence-corrected chi connectivity index (χ1v) is 8.68. The van der Waals surface area contributed by atoms with Crippen molar-refractivity contribution >= 4 is 11.6 Å². The van der Waals surface area contributed by atoms with Gasteiger partial charge in [-0.2, -0.15) is 0 Å². The smallest absolute Gasteiger partial charge is 0.209 e. The van der Waals surface area contributed by atoms with Crippen LogP contribution in [0, 0.1) is 5.92 Å². The van der Waals surface area contributed by atoms with Gasteiger partial charge in [-0.3, -0.25) is 4.90 Å². The lowest BCUT2D eigenvalue weighted by Crippen LogP contribution is -2.31. The molecular weight excluding hydrogens is 312 g/mol. The summed E-state index contributed by atoms with van der Waals surface area (Å²) < 4.78 is 11.5. The van der Waals surface area contributed by atoms with Crippen molar-refractivity contribution in [3.05, 3.63) is 41.4 Å². The molecule has 5 heteroatoms. The Balaban J connectivity index is 1.45. The Morgan fingerprint density at radius 1 is 1.26 bits per heavy atom. The van der Waals surface area contributed by atoms with Crippen LogP contribution in [0.25, 0.3) is 11.3 Å². The van der Waals surface area contributed by atoms with Gasteiger partial charge in [0.25, 0.3) is 0 Å². The molecule has 4 rings (SSSR count). The molecule has 1 saturated carbocycles. The number of benzene rings is 1. The summed E-state index contributed by atoms with van der Waals surface area (Å²) in [6, 6.07) is 8.37. The summed E-state index contributed by atoms with van der Waals surface area (Å²) in [5, 5.41) is 0.710. The van der Waals surface area contributed by atoms with Crippen molar-refractivity contribution in [3.8, 4) is 11.3 Å². The molecule has 2 aromatic rings. The van der Waals surface area contributed by atoms with E-state index < -0.39 is 0 Å². The lowest BCUT2D eigenvalue weighted by molar-refractivity contribution is 0.156. The third-order valence-electron chi connectivity index (χ3n) is 4.58. The summed E-state index contributed by atoms with van der Waals surface area (Å²) >= 11 is 6.05. The van der Waals surface area contributed by atoms with Gasteiger partial charge in [0.2, 0.25) is 5.89 Å². The molecule has 1 aromatic carbocycles. The van der Waals surface area contributed by atoms with E-state index in [2.05, 4.69) is 9.88 Å². The molecule has 1 saturated heterocycles. The molecule has 1 atom stereocenters. The van der Waals surface area contributed by atoms with Crippen LogP contribution in [0.5, 0.6) is 0 Å². The Bertz CT molecular complexity index is 663. The highest BCUT2D eigenvalue weighted by molar-refractivity contribution is 6.30. The molecular formula is C18H21ClN2O2. The van der Waals surface area contributed by atoms with Crippen LogP contribution >= 0.6 is 11.6 Å². The number of nitrogens with zero attached hydrogens (tertiary/aromatic N) is 2. The van der Waals surface area contributed by atoms with Crippen LogP contribution in [0.3, 0.4) is 0 Å². The zero-order valence-electron chi connectivity index (χ0n) is 13.1. The molecule has 1 aliphatic heterocycles. The van der Waals surface area contributed by atoms with Gasteiger partial charge in [-0.15, -0.1) is 0 Å². The SMILES string of the molecule is Clc1cccc(-c2cnc(CN(C[C@@H]3CCOC3)C3CC3)o2)c1. The maximum Gasteiger partial charge on any atom is 0.209 e. The summed E-state index contributed by atoms with van der Waals surface area (Å²) in [5.74, 6) is 2.21. The van der Waals surface area contributed by atoms with Crippen LogP contribution in [0.15, 0.2) is 34.9 Å². The number of hydrogen-bond donors (Lipinski definition) is 0. The Hall–Kier alpha value is -1.36. The fourth-order valence-electron chi connectivity index (χ4n) is 3.17. The molecule has 2 fully saturated rings. The average Bonchev–Trinajstić information content (AvgIpc) is 3.07. The zero-order valence-corrected chi connectivity index (χ0v) is 13.8. The van der Waals surface area contributed by atoms with Crippen molar-refractivity contribution in [1.82, 2.24) is 9.88 Å². The summed E-state index contributed by atoms with van der Waals surface area (Å²) in [6.45, 7) is 3.66. The molecule has 0 radical (unpaired) electrons. The normalized spacial score (nSPS) is 21.2. The van der Waals surface area contributed by atoms with Crippen LogP contribution in [-0.4, -0.2) is 35.7 Å². The number of aromatic nitrogens is 1. The third kappa shape index (κ3) is 3.77. The molecule has 4 nitrogen and oxygen atoms in total. The minimum absolute atomic E-state index is 0.651. The van der Waals surface area contributed by atoms with Crippen molar-refractivity contribution in [2.45, 2.75) is 31.8 Å². The van der Waals surface area contributed by atoms with Crippen LogP contribution < -0.4 is 0 Å². The van der Waals surface area contributed by atoms with E-state index in [4.69, 9.17) is 20.8 Å². The molecule has 0 bridgehead atoms. The molecule has 2 aliphatic rings. The van der Waals surface area contributed by atoms with E-state index in [1.165, 1.54) is 19.3 Å². The lowest BCUT2D eigenvalue weighted by atomic mass is 10.1. The molecule has 23 heavy (non-hydrogen) atoms. The Morgan fingerprint density at radius 3 is 2.91 bits per heavy atom. The Labute approximate surface area is 141 Å². The fraction of sp³-hybridized carbons (Fsp3) is 0.500. The first kappa shape index (κ1) is 15.2. The van der Waals surface area contributed by atoms with E-state index in [-0.39, 0.29) is 0 Å². The summed E-state index contributed by atoms with van der Waals surface area (Å²) in [5.41, 5.74) is 0.971. The second-order valence-corrected chi connectivity index (χ2v) is 6.96. The predicted octanol–water partition coefficient (Wildman–Crippen LogP) is 4.00. The highest BCUT2D eigenvalue weighted by Gasteiger charge is 2.32. The van der Waals surface area contributed by atoms with E-state index in [1.807, 2.05) is 24.3 Å². The molecule has 2 heterocycles. The molecule has 0 N–H and O–H groups in total. The van der Waals surface area contributed by atoms with E-state index in [1.54, 1.807) is 6.20 Å². The van der Waals surface area contributed by atoms with E-state index >= 15 is 0 Å². The van der Waals surface area contributed by atoms with E-state index in [0.29, 0.717) is 17.0 Å². The topological polar surface area (TPSA) is 38.5 Å². The third-order valence-corrected chi connectivity index (χ3v) is 4.82. The van der Waals surface area contributed by atoms with Gasteiger partial charge in [0, 0.05) is 29.8 Å². The van der Waals surface area contributed by atoms with Crippen LogP contribution in [0.1, 0.15) is 25.2 Å².